The first-order valence-electron chi connectivity index (χ1n) is 10.7. The molecule has 0 bridgehead atoms. The Morgan fingerprint density at radius 1 is 1.06 bits per heavy atom. The number of amides is 2. The van der Waals surface area contributed by atoms with E-state index in [0.29, 0.717) is 6.54 Å². The number of ether oxygens (including phenoxy) is 1. The van der Waals surface area contributed by atoms with E-state index < -0.39 is 0 Å². The predicted octanol–water partition coefficient (Wildman–Crippen LogP) is 2.75. The second-order valence-electron chi connectivity index (χ2n) is 8.38. The standard InChI is InChI=1S/C24H30N4O3/c1-17-14-19(4-9-22(17)27-12-10-26(2)11-13-27)25-24(30)18-15-23(29)28(16-18)20-5-7-21(31-3)8-6-20/h4-9,14,18H,10-13,15-16H2,1-3H3,(H,25,30). The molecule has 2 amide bonds. The molecule has 0 aromatic heterocycles. The molecule has 2 aromatic carbocycles. The minimum atomic E-state index is -0.368. The Balaban J connectivity index is 1.39. The molecule has 7 nitrogen and oxygen atoms in total. The molecular weight excluding hydrogens is 392 g/mol. The molecule has 0 aliphatic carbocycles. The number of likely N-dealkylation sites (N-methyl/N-ethyl adjacent to an activating group) is 1. The maximum atomic E-state index is 12.8. The third-order valence-corrected chi connectivity index (χ3v) is 6.19. The van der Waals surface area contributed by atoms with Gasteiger partial charge in [-0.15, -0.1) is 0 Å². The fourth-order valence-electron chi connectivity index (χ4n) is 4.27. The second kappa shape index (κ2) is 8.98. The number of aryl methyl sites for hydroxylation is 1. The van der Waals surface area contributed by atoms with Crippen molar-refractivity contribution in [3.8, 4) is 5.75 Å². The number of nitrogens with one attached hydrogen (secondary N) is 1. The van der Waals surface area contributed by atoms with Crippen molar-refractivity contribution in [3.63, 3.8) is 0 Å². The van der Waals surface area contributed by atoms with E-state index in [1.54, 1.807) is 12.0 Å². The van der Waals surface area contributed by atoms with Crippen molar-refractivity contribution < 1.29 is 14.3 Å². The molecule has 2 aliphatic rings. The molecule has 2 aromatic rings. The van der Waals surface area contributed by atoms with Crippen LogP contribution in [0.4, 0.5) is 17.1 Å². The van der Waals surface area contributed by atoms with Gasteiger partial charge in [0.2, 0.25) is 11.8 Å². The third kappa shape index (κ3) is 4.66. The minimum Gasteiger partial charge on any atom is -0.497 e. The summed E-state index contributed by atoms with van der Waals surface area (Å²) >= 11 is 0. The van der Waals surface area contributed by atoms with Crippen molar-refractivity contribution in [2.45, 2.75) is 13.3 Å². The number of rotatable bonds is 5. The summed E-state index contributed by atoms with van der Waals surface area (Å²) in [4.78, 5) is 31.7. The van der Waals surface area contributed by atoms with Crippen LogP contribution in [0.3, 0.4) is 0 Å². The van der Waals surface area contributed by atoms with E-state index in [1.165, 1.54) is 5.69 Å². The zero-order chi connectivity index (χ0) is 22.0. The maximum absolute atomic E-state index is 12.8. The third-order valence-electron chi connectivity index (χ3n) is 6.19. The van der Waals surface area contributed by atoms with Gasteiger partial charge in [-0.25, -0.2) is 0 Å². The normalized spacial score (nSPS) is 19.6. The van der Waals surface area contributed by atoms with Gasteiger partial charge in [0, 0.05) is 56.2 Å². The SMILES string of the molecule is COc1ccc(N2CC(C(=O)Nc3ccc(N4CCN(C)CC4)c(C)c3)CC2=O)cc1. The largest absolute Gasteiger partial charge is 0.497 e. The first kappa shape index (κ1) is 21.2. The van der Waals surface area contributed by atoms with Gasteiger partial charge in [0.15, 0.2) is 0 Å². The highest BCUT2D eigenvalue weighted by atomic mass is 16.5. The monoisotopic (exact) mass is 422 g/mol. The molecule has 31 heavy (non-hydrogen) atoms. The summed E-state index contributed by atoms with van der Waals surface area (Å²) in [5.41, 5.74) is 3.92. The summed E-state index contributed by atoms with van der Waals surface area (Å²) in [7, 11) is 3.75. The van der Waals surface area contributed by atoms with Gasteiger partial charge in [-0.05, 0) is 62.0 Å². The van der Waals surface area contributed by atoms with Crippen LogP contribution in [-0.4, -0.2) is 63.6 Å². The lowest BCUT2D eigenvalue weighted by Gasteiger charge is -2.35. The van der Waals surface area contributed by atoms with Gasteiger partial charge in [-0.2, -0.15) is 0 Å². The first-order valence-corrected chi connectivity index (χ1v) is 10.7. The molecule has 0 spiro atoms. The molecule has 0 radical (unpaired) electrons. The van der Waals surface area contributed by atoms with Crippen molar-refractivity contribution >= 4 is 28.9 Å². The number of hydrogen-bond acceptors (Lipinski definition) is 5. The summed E-state index contributed by atoms with van der Waals surface area (Å²) in [6, 6.07) is 13.4. The molecule has 164 valence electrons. The predicted molar refractivity (Wildman–Crippen MR) is 123 cm³/mol. The van der Waals surface area contributed by atoms with Crippen molar-refractivity contribution in [2.75, 3.05) is 62.0 Å². The summed E-state index contributed by atoms with van der Waals surface area (Å²) in [5.74, 6) is 0.218. The Bertz CT molecular complexity index is 952. The van der Waals surface area contributed by atoms with Crippen LogP contribution in [0.15, 0.2) is 42.5 Å². The van der Waals surface area contributed by atoms with Gasteiger partial charge < -0.3 is 24.8 Å². The highest BCUT2D eigenvalue weighted by Crippen LogP contribution is 2.29. The molecule has 1 unspecified atom stereocenters. The average Bonchev–Trinajstić information content (AvgIpc) is 3.16. The van der Waals surface area contributed by atoms with E-state index in [1.807, 2.05) is 36.4 Å². The van der Waals surface area contributed by atoms with Crippen LogP contribution in [-0.2, 0) is 9.59 Å². The van der Waals surface area contributed by atoms with Crippen LogP contribution in [0, 0.1) is 12.8 Å². The van der Waals surface area contributed by atoms with E-state index >= 15 is 0 Å². The Hall–Kier alpha value is -3.06. The zero-order valence-corrected chi connectivity index (χ0v) is 18.4. The molecule has 2 fully saturated rings. The van der Waals surface area contributed by atoms with E-state index in [2.05, 4.69) is 35.2 Å². The van der Waals surface area contributed by atoms with E-state index in [-0.39, 0.29) is 24.2 Å². The number of benzene rings is 2. The number of piperazine rings is 1. The van der Waals surface area contributed by atoms with Crippen molar-refractivity contribution in [1.29, 1.82) is 0 Å². The van der Waals surface area contributed by atoms with Gasteiger partial charge in [0.1, 0.15) is 5.75 Å². The number of nitrogens with zero attached hydrogens (tertiary/aromatic N) is 3. The summed E-state index contributed by atoms with van der Waals surface area (Å²) < 4.78 is 5.17. The summed E-state index contributed by atoms with van der Waals surface area (Å²) in [5, 5.41) is 3.01. The quantitative estimate of drug-likeness (QED) is 0.803. The minimum absolute atomic E-state index is 0.0353. The number of methoxy groups -OCH3 is 1. The van der Waals surface area contributed by atoms with E-state index in [9.17, 15) is 9.59 Å². The highest BCUT2D eigenvalue weighted by molar-refractivity contribution is 6.03. The van der Waals surface area contributed by atoms with Crippen LogP contribution in [0.25, 0.3) is 0 Å². The molecule has 1 atom stereocenters. The molecule has 4 rings (SSSR count). The lowest BCUT2D eigenvalue weighted by atomic mass is 10.1. The fraction of sp³-hybridized carbons (Fsp3) is 0.417. The number of carbonyl (C=O) groups excluding carboxylic acids is 2. The van der Waals surface area contributed by atoms with Gasteiger partial charge >= 0.3 is 0 Å². The topological polar surface area (TPSA) is 65.1 Å². The number of hydrogen-bond donors (Lipinski definition) is 1. The Kier molecular flexibility index (Phi) is 6.13. The van der Waals surface area contributed by atoms with Gasteiger partial charge in [-0.3, -0.25) is 9.59 Å². The lowest BCUT2D eigenvalue weighted by Crippen LogP contribution is -2.44. The van der Waals surface area contributed by atoms with Gasteiger partial charge in [-0.1, -0.05) is 0 Å². The lowest BCUT2D eigenvalue weighted by molar-refractivity contribution is -0.122. The number of carbonyl (C=O) groups is 2. The van der Waals surface area contributed by atoms with E-state index in [4.69, 9.17) is 4.74 Å². The smallest absolute Gasteiger partial charge is 0.229 e. The second-order valence-corrected chi connectivity index (χ2v) is 8.38. The molecule has 2 aliphatic heterocycles. The van der Waals surface area contributed by atoms with Crippen LogP contribution in [0.1, 0.15) is 12.0 Å². The number of anilines is 3. The van der Waals surface area contributed by atoms with Crippen molar-refractivity contribution in [1.82, 2.24) is 4.90 Å². The van der Waals surface area contributed by atoms with Crippen LogP contribution in [0.2, 0.25) is 0 Å². The van der Waals surface area contributed by atoms with Crippen LogP contribution < -0.4 is 19.9 Å². The molecule has 1 N–H and O–H groups in total. The average molecular weight is 423 g/mol. The van der Waals surface area contributed by atoms with Gasteiger partial charge in [0.25, 0.3) is 0 Å². The van der Waals surface area contributed by atoms with Crippen LogP contribution in [0.5, 0.6) is 5.75 Å². The van der Waals surface area contributed by atoms with E-state index in [0.717, 1.165) is 48.9 Å². The van der Waals surface area contributed by atoms with Crippen molar-refractivity contribution in [2.24, 2.45) is 5.92 Å². The molecule has 0 saturated carbocycles. The molecule has 2 heterocycles. The summed E-state index contributed by atoms with van der Waals surface area (Å²) in [6.07, 6.45) is 0.218. The van der Waals surface area contributed by atoms with Crippen molar-refractivity contribution in [3.05, 3.63) is 48.0 Å². The molecule has 2 saturated heterocycles. The Morgan fingerprint density at radius 2 is 1.77 bits per heavy atom. The zero-order valence-electron chi connectivity index (χ0n) is 18.4. The highest BCUT2D eigenvalue weighted by Gasteiger charge is 2.35. The molecular formula is C24H30N4O3. The Labute approximate surface area is 183 Å². The summed E-state index contributed by atoms with van der Waals surface area (Å²) in [6.45, 7) is 6.59. The Morgan fingerprint density at radius 3 is 2.42 bits per heavy atom. The first-order chi connectivity index (χ1) is 14.9. The maximum Gasteiger partial charge on any atom is 0.229 e. The fourth-order valence-corrected chi connectivity index (χ4v) is 4.27. The van der Waals surface area contributed by atoms with Gasteiger partial charge in [0.05, 0.1) is 13.0 Å². The van der Waals surface area contributed by atoms with Crippen LogP contribution >= 0.6 is 0 Å². The molecule has 7 heteroatoms.